The van der Waals surface area contributed by atoms with E-state index >= 15 is 0 Å². The molecule has 0 aliphatic heterocycles. The first kappa shape index (κ1) is 14.6. The second-order valence-electron chi connectivity index (χ2n) is 5.04. The number of carbonyl (C=O) groups is 1. The number of para-hydroxylation sites is 1. The number of rotatable bonds is 4. The second-order valence-corrected chi connectivity index (χ2v) is 5.04. The van der Waals surface area contributed by atoms with E-state index in [1.165, 1.54) is 24.4 Å². The van der Waals surface area contributed by atoms with Crippen LogP contribution >= 0.6 is 0 Å². The Morgan fingerprint density at radius 3 is 2.83 bits per heavy atom. The van der Waals surface area contributed by atoms with Crippen molar-refractivity contribution in [3.8, 4) is 11.5 Å². The zero-order chi connectivity index (χ0) is 16.2. The van der Waals surface area contributed by atoms with Crippen molar-refractivity contribution >= 4 is 23.0 Å². The van der Waals surface area contributed by atoms with E-state index in [0.29, 0.717) is 5.56 Å². The van der Waals surface area contributed by atoms with E-state index < -0.39 is 0 Å². The summed E-state index contributed by atoms with van der Waals surface area (Å²) >= 11 is 0. The van der Waals surface area contributed by atoms with Gasteiger partial charge in [0.1, 0.15) is 18.0 Å². The van der Waals surface area contributed by atoms with Crippen molar-refractivity contribution in [3.05, 3.63) is 60.3 Å². The number of hydrogen-bond donors (Lipinski definition) is 3. The molecule has 0 aliphatic rings. The summed E-state index contributed by atoms with van der Waals surface area (Å²) in [6.07, 6.45) is 3.17. The van der Waals surface area contributed by atoms with Crippen LogP contribution < -0.4 is 5.43 Å². The molecule has 3 aromatic rings. The molecule has 0 atom stereocenters. The summed E-state index contributed by atoms with van der Waals surface area (Å²) in [6.45, 7) is 0.145. The van der Waals surface area contributed by atoms with Crippen LogP contribution in [0.2, 0.25) is 0 Å². The number of aromatic nitrogens is 1. The van der Waals surface area contributed by atoms with E-state index in [2.05, 4.69) is 10.5 Å². The van der Waals surface area contributed by atoms with Gasteiger partial charge in [0.25, 0.3) is 5.91 Å². The summed E-state index contributed by atoms with van der Waals surface area (Å²) in [5.74, 6) is -0.427. The predicted octanol–water partition coefficient (Wildman–Crippen LogP) is 2.20. The lowest BCUT2D eigenvalue weighted by Crippen LogP contribution is -2.22. The van der Waals surface area contributed by atoms with Gasteiger partial charge in [-0.15, -0.1) is 0 Å². The Morgan fingerprint density at radius 2 is 2.00 bits per heavy atom. The van der Waals surface area contributed by atoms with Gasteiger partial charge < -0.3 is 14.8 Å². The highest BCUT2D eigenvalue weighted by molar-refractivity contribution is 5.86. The minimum Gasteiger partial charge on any atom is -0.508 e. The van der Waals surface area contributed by atoms with E-state index in [1.54, 1.807) is 0 Å². The monoisotopic (exact) mass is 309 g/mol. The van der Waals surface area contributed by atoms with Crippen LogP contribution in [0, 0.1) is 0 Å². The number of phenols is 2. The lowest BCUT2D eigenvalue weighted by atomic mass is 10.2. The molecular formula is C17H15N3O3. The molecule has 0 fully saturated rings. The van der Waals surface area contributed by atoms with Gasteiger partial charge in [-0.3, -0.25) is 4.79 Å². The van der Waals surface area contributed by atoms with E-state index in [0.717, 1.165) is 10.9 Å². The van der Waals surface area contributed by atoms with E-state index in [9.17, 15) is 15.0 Å². The minimum absolute atomic E-state index is 0.0387. The maximum atomic E-state index is 11.9. The summed E-state index contributed by atoms with van der Waals surface area (Å²) in [4.78, 5) is 11.9. The average molecular weight is 309 g/mol. The first-order valence-electron chi connectivity index (χ1n) is 7.01. The first-order chi connectivity index (χ1) is 11.1. The third-order valence-electron chi connectivity index (χ3n) is 3.40. The molecule has 0 unspecified atom stereocenters. The molecule has 0 saturated heterocycles. The molecule has 1 heterocycles. The van der Waals surface area contributed by atoms with Crippen molar-refractivity contribution in [2.45, 2.75) is 6.54 Å². The molecule has 0 radical (unpaired) electrons. The van der Waals surface area contributed by atoms with Crippen LogP contribution in [0.25, 0.3) is 10.9 Å². The number of fused-ring (bicyclic) bond motifs is 1. The van der Waals surface area contributed by atoms with Crippen molar-refractivity contribution in [3.63, 3.8) is 0 Å². The number of hydrogen-bond acceptors (Lipinski definition) is 4. The number of nitrogens with one attached hydrogen (secondary N) is 1. The molecule has 0 bridgehead atoms. The SMILES string of the molecule is O=C(Cn1ccc2ccccc21)N/N=C/c1ccc(O)cc1O. The summed E-state index contributed by atoms with van der Waals surface area (Å²) in [7, 11) is 0. The third-order valence-corrected chi connectivity index (χ3v) is 3.40. The summed E-state index contributed by atoms with van der Waals surface area (Å²) in [5, 5.41) is 23.7. The van der Waals surface area contributed by atoms with Gasteiger partial charge in [-0.2, -0.15) is 5.10 Å². The Hall–Kier alpha value is -3.28. The standard InChI is InChI=1S/C17H15N3O3/c21-14-6-5-13(16(22)9-14)10-18-19-17(23)11-20-8-7-12-3-1-2-4-15(12)20/h1-10,21-22H,11H2,(H,19,23)/b18-10+. The lowest BCUT2D eigenvalue weighted by Gasteiger charge is -2.04. The number of phenolic OH excluding ortho intramolecular Hbond substituents is 2. The van der Waals surface area contributed by atoms with Crippen molar-refractivity contribution in [2.75, 3.05) is 0 Å². The Labute approximate surface area is 132 Å². The fourth-order valence-electron chi connectivity index (χ4n) is 2.28. The molecule has 0 spiro atoms. The fourth-order valence-corrected chi connectivity index (χ4v) is 2.28. The minimum atomic E-state index is -0.277. The molecule has 3 N–H and O–H groups in total. The van der Waals surface area contributed by atoms with E-state index in [4.69, 9.17) is 0 Å². The Morgan fingerprint density at radius 1 is 1.17 bits per heavy atom. The van der Waals surface area contributed by atoms with Crippen molar-refractivity contribution in [1.29, 1.82) is 0 Å². The highest BCUT2D eigenvalue weighted by Crippen LogP contribution is 2.20. The second kappa shape index (κ2) is 6.23. The molecule has 6 nitrogen and oxygen atoms in total. The lowest BCUT2D eigenvalue weighted by molar-refractivity contribution is -0.121. The van der Waals surface area contributed by atoms with Crippen LogP contribution in [0.4, 0.5) is 0 Å². The molecule has 23 heavy (non-hydrogen) atoms. The van der Waals surface area contributed by atoms with Gasteiger partial charge in [-0.05, 0) is 29.7 Å². The van der Waals surface area contributed by atoms with Crippen LogP contribution in [0.15, 0.2) is 59.8 Å². The molecule has 3 rings (SSSR count). The number of aromatic hydroxyl groups is 2. The normalized spacial score (nSPS) is 11.1. The van der Waals surface area contributed by atoms with Crippen LogP contribution in [0.5, 0.6) is 11.5 Å². The van der Waals surface area contributed by atoms with Crippen molar-refractivity contribution < 1.29 is 15.0 Å². The number of benzene rings is 2. The van der Waals surface area contributed by atoms with Gasteiger partial charge in [-0.25, -0.2) is 5.43 Å². The molecule has 0 saturated carbocycles. The van der Waals surface area contributed by atoms with Crippen LogP contribution in [-0.2, 0) is 11.3 Å². The Bertz CT molecular complexity index is 884. The Kier molecular flexibility index (Phi) is 3.97. The number of amides is 1. The smallest absolute Gasteiger partial charge is 0.259 e. The molecule has 6 heteroatoms. The van der Waals surface area contributed by atoms with Gasteiger partial charge in [0.15, 0.2) is 0 Å². The van der Waals surface area contributed by atoms with Crippen LogP contribution in [0.3, 0.4) is 0 Å². The number of carbonyl (C=O) groups excluding carboxylic acids is 1. The predicted molar refractivity (Wildman–Crippen MR) is 87.4 cm³/mol. The molecule has 1 amide bonds. The highest BCUT2D eigenvalue weighted by Gasteiger charge is 2.05. The third kappa shape index (κ3) is 3.32. The van der Waals surface area contributed by atoms with E-state index in [1.807, 2.05) is 41.1 Å². The van der Waals surface area contributed by atoms with Gasteiger partial charge in [0, 0.05) is 23.3 Å². The van der Waals surface area contributed by atoms with Crippen LogP contribution in [0.1, 0.15) is 5.56 Å². The topological polar surface area (TPSA) is 86.9 Å². The van der Waals surface area contributed by atoms with Gasteiger partial charge >= 0.3 is 0 Å². The van der Waals surface area contributed by atoms with Crippen molar-refractivity contribution in [2.24, 2.45) is 5.10 Å². The quantitative estimate of drug-likeness (QED) is 0.510. The van der Waals surface area contributed by atoms with E-state index in [-0.39, 0.29) is 24.0 Å². The van der Waals surface area contributed by atoms with Crippen LogP contribution in [-0.4, -0.2) is 26.9 Å². The molecule has 1 aromatic heterocycles. The zero-order valence-corrected chi connectivity index (χ0v) is 12.2. The van der Waals surface area contributed by atoms with Gasteiger partial charge in [-0.1, -0.05) is 18.2 Å². The number of hydrazone groups is 1. The summed E-state index contributed by atoms with van der Waals surface area (Å²) in [6, 6.07) is 13.9. The largest absolute Gasteiger partial charge is 0.508 e. The number of nitrogens with zero attached hydrogens (tertiary/aromatic N) is 2. The maximum Gasteiger partial charge on any atom is 0.259 e. The van der Waals surface area contributed by atoms with Gasteiger partial charge in [0.05, 0.1) is 6.21 Å². The Balaban J connectivity index is 1.64. The van der Waals surface area contributed by atoms with Gasteiger partial charge in [0.2, 0.25) is 0 Å². The maximum absolute atomic E-state index is 11.9. The molecule has 2 aromatic carbocycles. The summed E-state index contributed by atoms with van der Waals surface area (Å²) in [5.41, 5.74) is 3.78. The first-order valence-corrected chi connectivity index (χ1v) is 7.01. The molecule has 0 aliphatic carbocycles. The highest BCUT2D eigenvalue weighted by atomic mass is 16.3. The average Bonchev–Trinajstić information content (AvgIpc) is 2.93. The zero-order valence-electron chi connectivity index (χ0n) is 12.2. The molecule has 116 valence electrons. The fraction of sp³-hybridized carbons (Fsp3) is 0.0588. The molecular weight excluding hydrogens is 294 g/mol. The summed E-state index contributed by atoms with van der Waals surface area (Å²) < 4.78 is 1.83. The van der Waals surface area contributed by atoms with Crippen molar-refractivity contribution in [1.82, 2.24) is 9.99 Å².